The fourth-order valence-electron chi connectivity index (χ4n) is 2.28. The van der Waals surface area contributed by atoms with E-state index in [2.05, 4.69) is 34.6 Å². The zero-order chi connectivity index (χ0) is 13.9. The lowest BCUT2D eigenvalue weighted by Gasteiger charge is -2.18. The maximum Gasteiger partial charge on any atom is 0.160 e. The molecule has 0 atom stereocenters. The Kier molecular flexibility index (Phi) is 3.32. The highest BCUT2D eigenvalue weighted by molar-refractivity contribution is 5.85. The highest BCUT2D eigenvalue weighted by atomic mass is 15.2. The summed E-state index contributed by atoms with van der Waals surface area (Å²) < 4.78 is 2.15. The first-order valence-electron chi connectivity index (χ1n) is 6.58. The summed E-state index contributed by atoms with van der Waals surface area (Å²) in [7, 11) is 2.04. The smallest absolute Gasteiger partial charge is 0.160 e. The lowest BCUT2D eigenvalue weighted by Crippen LogP contribution is -2.21. The van der Waals surface area contributed by atoms with Crippen LogP contribution in [0.4, 0.5) is 5.82 Å². The molecule has 0 amide bonds. The first kappa shape index (κ1) is 12.6. The second-order valence-electron chi connectivity index (χ2n) is 4.77. The normalized spacial score (nSPS) is 11.1. The van der Waals surface area contributed by atoms with Gasteiger partial charge in [-0.1, -0.05) is 0 Å². The molecule has 3 heterocycles. The number of rotatable bonds is 5. The topological polar surface area (TPSA) is 75.5 Å². The third-order valence-corrected chi connectivity index (χ3v) is 3.40. The van der Waals surface area contributed by atoms with Crippen LogP contribution in [0.3, 0.4) is 0 Å². The molecule has 0 bridgehead atoms. The van der Waals surface area contributed by atoms with E-state index in [1.165, 1.54) is 0 Å². The van der Waals surface area contributed by atoms with Crippen LogP contribution >= 0.6 is 0 Å². The van der Waals surface area contributed by atoms with Crippen molar-refractivity contribution < 1.29 is 0 Å². The van der Waals surface area contributed by atoms with Gasteiger partial charge < -0.3 is 9.47 Å². The molecule has 0 spiro atoms. The van der Waals surface area contributed by atoms with E-state index >= 15 is 0 Å². The van der Waals surface area contributed by atoms with Gasteiger partial charge in [0.05, 0.1) is 11.6 Å². The molecule has 0 aliphatic heterocycles. The highest BCUT2D eigenvalue weighted by Crippen LogP contribution is 2.19. The van der Waals surface area contributed by atoms with Crippen molar-refractivity contribution in [3.05, 3.63) is 30.7 Å². The number of imidazole rings is 1. The molecule has 0 aromatic carbocycles. The Morgan fingerprint density at radius 3 is 3.00 bits per heavy atom. The van der Waals surface area contributed by atoms with Gasteiger partial charge in [0.2, 0.25) is 0 Å². The van der Waals surface area contributed by atoms with Crippen LogP contribution in [-0.2, 0) is 6.54 Å². The molecule has 0 aliphatic rings. The van der Waals surface area contributed by atoms with Gasteiger partial charge in [0.25, 0.3) is 0 Å². The molecular formula is C13H17N7. The maximum atomic E-state index is 4.35. The molecule has 0 aliphatic carbocycles. The van der Waals surface area contributed by atoms with E-state index in [4.69, 9.17) is 0 Å². The van der Waals surface area contributed by atoms with Crippen molar-refractivity contribution in [1.82, 2.24) is 29.7 Å². The molecule has 3 aromatic rings. The van der Waals surface area contributed by atoms with Crippen molar-refractivity contribution in [2.24, 2.45) is 0 Å². The van der Waals surface area contributed by atoms with E-state index in [0.29, 0.717) is 0 Å². The zero-order valence-electron chi connectivity index (χ0n) is 11.6. The number of H-pyrrole nitrogens is 1. The predicted octanol–water partition coefficient (Wildman–Crippen LogP) is 1.38. The number of aromatic amines is 1. The van der Waals surface area contributed by atoms with Crippen LogP contribution in [0.1, 0.15) is 12.2 Å². The molecule has 0 saturated carbocycles. The van der Waals surface area contributed by atoms with Crippen LogP contribution in [0.15, 0.2) is 24.9 Å². The SMILES string of the molecule is Cc1nccn1CCCN(C)c1ncnc2[nH]ncc12. The maximum absolute atomic E-state index is 4.35. The van der Waals surface area contributed by atoms with Crippen molar-refractivity contribution in [1.29, 1.82) is 0 Å². The first-order chi connectivity index (χ1) is 9.75. The van der Waals surface area contributed by atoms with E-state index in [9.17, 15) is 0 Å². The van der Waals surface area contributed by atoms with E-state index in [0.717, 1.165) is 42.2 Å². The molecule has 3 aromatic heterocycles. The van der Waals surface area contributed by atoms with Gasteiger partial charge in [-0.15, -0.1) is 0 Å². The summed E-state index contributed by atoms with van der Waals surface area (Å²) in [6.07, 6.45) is 8.19. The number of hydrogen-bond acceptors (Lipinski definition) is 5. The third kappa shape index (κ3) is 2.34. The minimum atomic E-state index is 0.771. The molecule has 1 N–H and O–H groups in total. The summed E-state index contributed by atoms with van der Waals surface area (Å²) in [5.41, 5.74) is 0.771. The second kappa shape index (κ2) is 5.28. The monoisotopic (exact) mass is 271 g/mol. The van der Waals surface area contributed by atoms with Crippen LogP contribution in [0.25, 0.3) is 11.0 Å². The largest absolute Gasteiger partial charge is 0.359 e. The number of nitrogens with one attached hydrogen (secondary N) is 1. The molecule has 3 rings (SSSR count). The number of aryl methyl sites for hydroxylation is 2. The van der Waals surface area contributed by atoms with Gasteiger partial charge in [0.15, 0.2) is 5.65 Å². The Hall–Kier alpha value is -2.44. The summed E-state index contributed by atoms with van der Waals surface area (Å²) in [6, 6.07) is 0. The molecule has 7 heteroatoms. The Morgan fingerprint density at radius 1 is 1.30 bits per heavy atom. The highest BCUT2D eigenvalue weighted by Gasteiger charge is 2.09. The molecule has 20 heavy (non-hydrogen) atoms. The Balaban J connectivity index is 1.66. The summed E-state index contributed by atoms with van der Waals surface area (Å²) in [4.78, 5) is 14.9. The van der Waals surface area contributed by atoms with Crippen molar-refractivity contribution in [3.63, 3.8) is 0 Å². The van der Waals surface area contributed by atoms with Crippen LogP contribution in [0.5, 0.6) is 0 Å². The first-order valence-corrected chi connectivity index (χ1v) is 6.58. The van der Waals surface area contributed by atoms with Crippen LogP contribution in [0.2, 0.25) is 0 Å². The molecule has 0 fully saturated rings. The van der Waals surface area contributed by atoms with E-state index in [-0.39, 0.29) is 0 Å². The lowest BCUT2D eigenvalue weighted by atomic mass is 10.3. The van der Waals surface area contributed by atoms with Crippen molar-refractivity contribution in [2.45, 2.75) is 19.9 Å². The van der Waals surface area contributed by atoms with Crippen LogP contribution < -0.4 is 4.90 Å². The molecule has 104 valence electrons. The van der Waals surface area contributed by atoms with E-state index in [1.807, 2.05) is 26.4 Å². The fourth-order valence-corrected chi connectivity index (χ4v) is 2.28. The summed E-state index contributed by atoms with van der Waals surface area (Å²) in [5, 5.41) is 7.82. The van der Waals surface area contributed by atoms with Crippen LogP contribution in [-0.4, -0.2) is 43.3 Å². The number of nitrogens with zero attached hydrogens (tertiary/aromatic N) is 6. The van der Waals surface area contributed by atoms with Crippen LogP contribution in [0, 0.1) is 6.92 Å². The van der Waals surface area contributed by atoms with Gasteiger partial charge in [-0.2, -0.15) is 5.10 Å². The van der Waals surface area contributed by atoms with Gasteiger partial charge in [0.1, 0.15) is 18.0 Å². The predicted molar refractivity (Wildman–Crippen MR) is 76.5 cm³/mol. The standard InChI is InChI=1S/C13H17N7/c1-10-14-4-7-20(10)6-3-5-19(2)13-11-8-17-18-12(11)15-9-16-13/h4,7-9H,3,5-6H2,1-2H3,(H,15,16,17,18). The minimum Gasteiger partial charge on any atom is -0.359 e. The average molecular weight is 271 g/mol. The van der Waals surface area contributed by atoms with Gasteiger partial charge >= 0.3 is 0 Å². The summed E-state index contributed by atoms with van der Waals surface area (Å²) in [6.45, 7) is 3.88. The molecule has 0 radical (unpaired) electrons. The lowest BCUT2D eigenvalue weighted by molar-refractivity contribution is 0.621. The minimum absolute atomic E-state index is 0.771. The molecule has 7 nitrogen and oxygen atoms in total. The van der Waals surface area contributed by atoms with E-state index in [1.54, 1.807) is 12.5 Å². The average Bonchev–Trinajstić information content (AvgIpc) is 3.07. The zero-order valence-corrected chi connectivity index (χ0v) is 11.6. The Bertz CT molecular complexity index is 699. The van der Waals surface area contributed by atoms with Gasteiger partial charge in [-0.25, -0.2) is 15.0 Å². The van der Waals surface area contributed by atoms with Gasteiger partial charge in [-0.05, 0) is 13.3 Å². The van der Waals surface area contributed by atoms with E-state index < -0.39 is 0 Å². The molecular weight excluding hydrogens is 254 g/mol. The third-order valence-electron chi connectivity index (χ3n) is 3.40. The van der Waals surface area contributed by atoms with Crippen molar-refractivity contribution >= 4 is 16.9 Å². The summed E-state index contributed by atoms with van der Waals surface area (Å²) >= 11 is 0. The molecule has 0 saturated heterocycles. The number of hydrogen-bond donors (Lipinski definition) is 1. The second-order valence-corrected chi connectivity index (χ2v) is 4.77. The van der Waals surface area contributed by atoms with Gasteiger partial charge in [0, 0.05) is 32.5 Å². The fraction of sp³-hybridized carbons (Fsp3) is 0.385. The Morgan fingerprint density at radius 2 is 2.20 bits per heavy atom. The quantitative estimate of drug-likeness (QED) is 0.759. The molecule has 0 unspecified atom stereocenters. The summed E-state index contributed by atoms with van der Waals surface area (Å²) in [5.74, 6) is 1.96. The number of fused-ring (bicyclic) bond motifs is 1. The number of anilines is 1. The van der Waals surface area contributed by atoms with Crippen molar-refractivity contribution in [2.75, 3.05) is 18.5 Å². The van der Waals surface area contributed by atoms with Crippen molar-refractivity contribution in [3.8, 4) is 0 Å². The number of aromatic nitrogens is 6. The Labute approximate surface area is 116 Å². The van der Waals surface area contributed by atoms with Gasteiger partial charge in [-0.3, -0.25) is 5.10 Å².